The van der Waals surface area contributed by atoms with E-state index in [-0.39, 0.29) is 0 Å². The van der Waals surface area contributed by atoms with Crippen LogP contribution in [0.5, 0.6) is 0 Å². The molecule has 0 aliphatic rings. The van der Waals surface area contributed by atoms with E-state index in [4.69, 9.17) is 0 Å². The standard InChI is InChI=1S/C16H32N2O2S/c1-4-7-8-9-10-11-12-14-16(15-17,13-5-2)21(19,20)18-6-3/h18H,4-14H2,1-3H3. The number of unbranched alkanes of at least 4 members (excludes halogenated alkanes) is 6. The quantitative estimate of drug-likeness (QED) is 0.519. The summed E-state index contributed by atoms with van der Waals surface area (Å²) >= 11 is 0. The fourth-order valence-corrected chi connectivity index (χ4v) is 4.33. The molecule has 0 saturated carbocycles. The Morgan fingerprint density at radius 1 is 0.905 bits per heavy atom. The Balaban J connectivity index is 4.48. The molecule has 0 aliphatic heterocycles. The van der Waals surface area contributed by atoms with Gasteiger partial charge in [0.2, 0.25) is 10.0 Å². The van der Waals surface area contributed by atoms with Crippen molar-refractivity contribution >= 4 is 10.0 Å². The highest BCUT2D eigenvalue weighted by Gasteiger charge is 2.42. The second-order valence-corrected chi connectivity index (χ2v) is 7.81. The molecule has 0 amide bonds. The summed E-state index contributed by atoms with van der Waals surface area (Å²) in [5, 5.41) is 9.47. The van der Waals surface area contributed by atoms with E-state index in [9.17, 15) is 13.7 Å². The Hall–Kier alpha value is -0.600. The summed E-state index contributed by atoms with van der Waals surface area (Å²) in [4.78, 5) is 0. The van der Waals surface area contributed by atoms with Gasteiger partial charge in [-0.15, -0.1) is 0 Å². The maximum atomic E-state index is 12.3. The third-order valence-corrected chi connectivity index (χ3v) is 6.09. The van der Waals surface area contributed by atoms with Crippen molar-refractivity contribution in [3.63, 3.8) is 0 Å². The molecular weight excluding hydrogens is 284 g/mol. The van der Waals surface area contributed by atoms with Crippen molar-refractivity contribution in [1.29, 1.82) is 5.26 Å². The first-order valence-electron chi connectivity index (χ1n) is 8.40. The minimum atomic E-state index is -3.56. The number of nitriles is 1. The molecule has 0 aromatic carbocycles. The van der Waals surface area contributed by atoms with Crippen LogP contribution in [0.3, 0.4) is 0 Å². The molecular formula is C16H32N2O2S. The Labute approximate surface area is 131 Å². The van der Waals surface area contributed by atoms with Crippen LogP contribution in [-0.2, 0) is 10.0 Å². The highest BCUT2D eigenvalue weighted by molar-refractivity contribution is 7.91. The van der Waals surface area contributed by atoms with Crippen molar-refractivity contribution in [3.8, 4) is 6.07 Å². The van der Waals surface area contributed by atoms with Gasteiger partial charge in [0.05, 0.1) is 6.07 Å². The van der Waals surface area contributed by atoms with Crippen LogP contribution in [0.2, 0.25) is 0 Å². The van der Waals surface area contributed by atoms with E-state index in [0.717, 1.165) is 19.3 Å². The maximum absolute atomic E-state index is 12.3. The van der Waals surface area contributed by atoms with Gasteiger partial charge in [0.15, 0.2) is 4.75 Å². The lowest BCUT2D eigenvalue weighted by atomic mass is 9.96. The second-order valence-electron chi connectivity index (χ2n) is 5.73. The minimum absolute atomic E-state index is 0.340. The van der Waals surface area contributed by atoms with Crippen LogP contribution < -0.4 is 4.72 Å². The topological polar surface area (TPSA) is 70.0 Å². The highest BCUT2D eigenvalue weighted by atomic mass is 32.2. The zero-order chi connectivity index (χ0) is 16.2. The number of hydrogen-bond acceptors (Lipinski definition) is 3. The summed E-state index contributed by atoms with van der Waals surface area (Å²) in [5.74, 6) is 0. The summed E-state index contributed by atoms with van der Waals surface area (Å²) in [6, 6.07) is 2.10. The van der Waals surface area contributed by atoms with Gasteiger partial charge in [-0.25, -0.2) is 13.1 Å². The summed E-state index contributed by atoms with van der Waals surface area (Å²) in [5.41, 5.74) is 0. The van der Waals surface area contributed by atoms with Gasteiger partial charge in [-0.3, -0.25) is 0 Å². The third kappa shape index (κ3) is 6.80. The van der Waals surface area contributed by atoms with E-state index in [0.29, 0.717) is 25.8 Å². The fraction of sp³-hybridized carbons (Fsp3) is 0.938. The van der Waals surface area contributed by atoms with Crippen molar-refractivity contribution in [3.05, 3.63) is 0 Å². The number of hydrogen-bond donors (Lipinski definition) is 1. The molecule has 1 unspecified atom stereocenters. The summed E-state index contributed by atoms with van der Waals surface area (Å²) in [7, 11) is -3.56. The largest absolute Gasteiger partial charge is 0.230 e. The van der Waals surface area contributed by atoms with E-state index >= 15 is 0 Å². The second kappa shape index (κ2) is 11.0. The lowest BCUT2D eigenvalue weighted by Crippen LogP contribution is -2.45. The van der Waals surface area contributed by atoms with Gasteiger partial charge in [-0.1, -0.05) is 72.1 Å². The van der Waals surface area contributed by atoms with Crippen molar-refractivity contribution in [2.45, 2.75) is 89.7 Å². The zero-order valence-electron chi connectivity index (χ0n) is 14.0. The van der Waals surface area contributed by atoms with E-state index < -0.39 is 14.8 Å². The molecule has 0 aliphatic carbocycles. The molecule has 0 bridgehead atoms. The molecule has 0 fully saturated rings. The Morgan fingerprint density at radius 3 is 1.95 bits per heavy atom. The van der Waals surface area contributed by atoms with Gasteiger partial charge in [-0.2, -0.15) is 5.26 Å². The first-order valence-corrected chi connectivity index (χ1v) is 9.88. The lowest BCUT2D eigenvalue weighted by molar-refractivity contribution is 0.478. The van der Waals surface area contributed by atoms with Gasteiger partial charge >= 0.3 is 0 Å². The van der Waals surface area contributed by atoms with Crippen LogP contribution in [0.1, 0.15) is 85.0 Å². The van der Waals surface area contributed by atoms with Crippen LogP contribution in [0, 0.1) is 11.3 Å². The summed E-state index contributed by atoms with van der Waals surface area (Å²) < 4.78 is 26.0. The Kier molecular flexibility index (Phi) is 10.7. The van der Waals surface area contributed by atoms with Crippen molar-refractivity contribution in [2.24, 2.45) is 0 Å². The molecule has 0 rings (SSSR count). The molecule has 0 aromatic heterocycles. The van der Waals surface area contributed by atoms with Gasteiger partial charge in [0.25, 0.3) is 0 Å². The van der Waals surface area contributed by atoms with Crippen LogP contribution in [-0.4, -0.2) is 19.7 Å². The molecule has 1 N–H and O–H groups in total. The average Bonchev–Trinajstić information content (AvgIpc) is 2.44. The highest BCUT2D eigenvalue weighted by Crippen LogP contribution is 2.29. The predicted octanol–water partition coefficient (Wildman–Crippen LogP) is 4.13. The lowest BCUT2D eigenvalue weighted by Gasteiger charge is -2.26. The molecule has 0 radical (unpaired) electrons. The SMILES string of the molecule is CCCCCCCCCC(C#N)(CCC)S(=O)(=O)NCC. The van der Waals surface area contributed by atoms with Gasteiger partial charge < -0.3 is 0 Å². The number of nitrogens with one attached hydrogen (secondary N) is 1. The fourth-order valence-electron chi connectivity index (χ4n) is 2.67. The normalized spacial score (nSPS) is 14.6. The number of nitrogens with zero attached hydrogens (tertiary/aromatic N) is 1. The zero-order valence-corrected chi connectivity index (χ0v) is 14.8. The molecule has 0 saturated heterocycles. The summed E-state index contributed by atoms with van der Waals surface area (Å²) in [6.07, 6.45) is 9.48. The van der Waals surface area contributed by atoms with Crippen LogP contribution in [0.15, 0.2) is 0 Å². The minimum Gasteiger partial charge on any atom is -0.214 e. The molecule has 124 valence electrons. The van der Waals surface area contributed by atoms with E-state index in [1.54, 1.807) is 6.92 Å². The number of rotatable bonds is 13. The number of sulfonamides is 1. The first kappa shape index (κ1) is 20.4. The molecule has 0 spiro atoms. The Bertz CT molecular complexity index is 401. The average molecular weight is 317 g/mol. The molecule has 5 heteroatoms. The molecule has 4 nitrogen and oxygen atoms in total. The van der Waals surface area contributed by atoms with Crippen molar-refractivity contribution < 1.29 is 8.42 Å². The first-order chi connectivity index (χ1) is 9.99. The van der Waals surface area contributed by atoms with E-state index in [1.807, 2.05) is 6.92 Å². The van der Waals surface area contributed by atoms with Crippen molar-refractivity contribution in [1.82, 2.24) is 4.72 Å². The maximum Gasteiger partial charge on any atom is 0.230 e. The van der Waals surface area contributed by atoms with Crippen molar-refractivity contribution in [2.75, 3.05) is 6.54 Å². The molecule has 21 heavy (non-hydrogen) atoms. The van der Waals surface area contributed by atoms with Gasteiger partial charge in [0.1, 0.15) is 0 Å². The molecule has 0 aromatic rings. The van der Waals surface area contributed by atoms with Crippen LogP contribution in [0.4, 0.5) is 0 Å². The van der Waals surface area contributed by atoms with E-state index in [1.165, 1.54) is 25.7 Å². The molecule has 1 atom stereocenters. The summed E-state index contributed by atoms with van der Waals surface area (Å²) in [6.45, 7) is 6.21. The van der Waals surface area contributed by atoms with Crippen LogP contribution in [0.25, 0.3) is 0 Å². The smallest absolute Gasteiger partial charge is 0.214 e. The monoisotopic (exact) mass is 316 g/mol. The predicted molar refractivity (Wildman–Crippen MR) is 88.5 cm³/mol. The van der Waals surface area contributed by atoms with E-state index in [2.05, 4.69) is 17.7 Å². The van der Waals surface area contributed by atoms with Crippen LogP contribution >= 0.6 is 0 Å². The van der Waals surface area contributed by atoms with Gasteiger partial charge in [-0.05, 0) is 12.8 Å². The third-order valence-electron chi connectivity index (χ3n) is 3.89. The molecule has 0 heterocycles. The Morgan fingerprint density at radius 2 is 1.48 bits per heavy atom. The van der Waals surface area contributed by atoms with Gasteiger partial charge in [0, 0.05) is 6.54 Å².